The number of hydroxylamine groups is 1. The Labute approximate surface area is 202 Å². The van der Waals surface area contributed by atoms with Gasteiger partial charge in [0.05, 0.1) is 28.4 Å². The molecule has 2 aromatic heterocycles. The largest absolute Gasteiger partial charge is 0.373 e. The lowest BCUT2D eigenvalue weighted by atomic mass is 10.0. The molecule has 2 atom stereocenters. The SMILES string of the molecule is CC1CN(C(C)(C)CNc2nc3nccc(C(=Nc4ccc(F)c(Cl)c4)NO)c3[nH]2)CC(C)O1. The van der Waals surface area contributed by atoms with E-state index in [0.717, 1.165) is 13.1 Å². The van der Waals surface area contributed by atoms with Crippen molar-refractivity contribution >= 4 is 40.2 Å². The number of aliphatic imine (C=N–C) groups is 1. The second-order valence-electron chi connectivity index (χ2n) is 9.14. The number of aromatic amines is 1. The number of rotatable bonds is 6. The van der Waals surface area contributed by atoms with E-state index in [-0.39, 0.29) is 28.6 Å². The zero-order chi connectivity index (χ0) is 24.5. The second-order valence-corrected chi connectivity index (χ2v) is 9.55. The Morgan fingerprint density at radius 3 is 2.74 bits per heavy atom. The van der Waals surface area contributed by atoms with Crippen LogP contribution in [0.3, 0.4) is 0 Å². The van der Waals surface area contributed by atoms with Crippen LogP contribution in [-0.2, 0) is 4.74 Å². The van der Waals surface area contributed by atoms with Gasteiger partial charge in [-0.15, -0.1) is 0 Å². The number of aromatic nitrogens is 3. The van der Waals surface area contributed by atoms with Crippen LogP contribution in [0.15, 0.2) is 35.5 Å². The molecule has 4 N–H and O–H groups in total. The van der Waals surface area contributed by atoms with E-state index >= 15 is 0 Å². The van der Waals surface area contributed by atoms with Gasteiger partial charge in [-0.2, -0.15) is 4.98 Å². The summed E-state index contributed by atoms with van der Waals surface area (Å²) in [5.41, 5.74) is 3.95. The lowest BCUT2D eigenvalue weighted by Gasteiger charge is -2.45. The van der Waals surface area contributed by atoms with Gasteiger partial charge in [0.2, 0.25) is 5.95 Å². The van der Waals surface area contributed by atoms with Crippen LogP contribution in [0, 0.1) is 5.82 Å². The summed E-state index contributed by atoms with van der Waals surface area (Å²) in [6, 6.07) is 5.75. The number of nitrogens with zero attached hydrogens (tertiary/aromatic N) is 4. The molecule has 1 aliphatic heterocycles. The third-order valence-corrected chi connectivity index (χ3v) is 6.15. The predicted molar refractivity (Wildman–Crippen MR) is 131 cm³/mol. The first kappa shape index (κ1) is 24.3. The maximum absolute atomic E-state index is 13.5. The van der Waals surface area contributed by atoms with Crippen molar-refractivity contribution in [2.45, 2.75) is 45.4 Å². The van der Waals surface area contributed by atoms with Crippen molar-refractivity contribution in [3.63, 3.8) is 0 Å². The normalized spacial score (nSPS) is 20.0. The highest BCUT2D eigenvalue weighted by Gasteiger charge is 2.33. The fraction of sp³-hybridized carbons (Fsp3) is 0.435. The number of halogens is 2. The molecule has 4 rings (SSSR count). The summed E-state index contributed by atoms with van der Waals surface area (Å²) in [6.07, 6.45) is 1.94. The standard InChI is InChI=1S/C23H29ClFN7O2/c1-13-10-32(11-14(2)34-13)23(3,4)12-27-22-29-19-16(7-8-26-21(19)30-22)20(31-33)28-15-5-6-18(25)17(24)9-15/h5-9,13-14,33H,10-12H2,1-4H3,(H,28,31)(H2,26,27,29,30). The number of imidazole rings is 1. The van der Waals surface area contributed by atoms with Gasteiger partial charge < -0.3 is 15.0 Å². The number of hydrogen-bond acceptors (Lipinski definition) is 7. The van der Waals surface area contributed by atoms with Gasteiger partial charge in [-0.3, -0.25) is 15.6 Å². The highest BCUT2D eigenvalue weighted by Crippen LogP contribution is 2.25. The number of H-pyrrole nitrogens is 1. The Morgan fingerprint density at radius 2 is 2.06 bits per heavy atom. The molecule has 34 heavy (non-hydrogen) atoms. The molecule has 1 aromatic carbocycles. The Balaban J connectivity index is 1.56. The third kappa shape index (κ3) is 5.30. The molecule has 0 aliphatic carbocycles. The van der Waals surface area contributed by atoms with Crippen LogP contribution in [-0.4, -0.2) is 68.3 Å². The van der Waals surface area contributed by atoms with E-state index in [1.165, 1.54) is 18.2 Å². The van der Waals surface area contributed by atoms with Crippen molar-refractivity contribution in [2.75, 3.05) is 25.0 Å². The molecule has 9 nitrogen and oxygen atoms in total. The predicted octanol–water partition coefficient (Wildman–Crippen LogP) is 4.11. The van der Waals surface area contributed by atoms with E-state index in [0.29, 0.717) is 34.9 Å². The summed E-state index contributed by atoms with van der Waals surface area (Å²) in [5.74, 6) is 0.153. The lowest BCUT2D eigenvalue weighted by molar-refractivity contribution is -0.0933. The van der Waals surface area contributed by atoms with E-state index in [4.69, 9.17) is 16.3 Å². The van der Waals surface area contributed by atoms with Crippen molar-refractivity contribution in [3.8, 4) is 0 Å². The van der Waals surface area contributed by atoms with Crippen molar-refractivity contribution in [1.29, 1.82) is 0 Å². The molecule has 1 aliphatic rings. The molecule has 3 aromatic rings. The fourth-order valence-corrected chi connectivity index (χ4v) is 4.28. The van der Waals surface area contributed by atoms with Gasteiger partial charge in [0, 0.05) is 36.9 Å². The molecule has 0 radical (unpaired) electrons. The maximum atomic E-state index is 13.5. The molecule has 11 heteroatoms. The topological polar surface area (TPSA) is 111 Å². The summed E-state index contributed by atoms with van der Waals surface area (Å²) in [6.45, 7) is 10.9. The molecular weight excluding hydrogens is 461 g/mol. The molecule has 1 fully saturated rings. The molecule has 0 saturated carbocycles. The summed E-state index contributed by atoms with van der Waals surface area (Å²) in [4.78, 5) is 18.9. The quantitative estimate of drug-likeness (QED) is 0.234. The van der Waals surface area contributed by atoms with Crippen molar-refractivity contribution in [1.82, 2.24) is 25.3 Å². The molecule has 1 saturated heterocycles. The molecule has 182 valence electrons. The molecule has 0 amide bonds. The molecule has 0 bridgehead atoms. The summed E-state index contributed by atoms with van der Waals surface area (Å²) in [7, 11) is 0. The fourth-order valence-electron chi connectivity index (χ4n) is 4.11. The van der Waals surface area contributed by atoms with Gasteiger partial charge in [-0.1, -0.05) is 11.6 Å². The highest BCUT2D eigenvalue weighted by molar-refractivity contribution is 6.31. The van der Waals surface area contributed by atoms with Crippen LogP contribution in [0.25, 0.3) is 11.2 Å². The second kappa shape index (κ2) is 9.83. The minimum atomic E-state index is -0.543. The summed E-state index contributed by atoms with van der Waals surface area (Å²) < 4.78 is 19.3. The number of ether oxygens (including phenoxy) is 1. The zero-order valence-corrected chi connectivity index (χ0v) is 20.3. The van der Waals surface area contributed by atoms with E-state index in [1.807, 2.05) is 0 Å². The van der Waals surface area contributed by atoms with E-state index < -0.39 is 5.82 Å². The Bertz CT molecular complexity index is 1190. The van der Waals surface area contributed by atoms with Crippen LogP contribution in [0.4, 0.5) is 16.0 Å². The average Bonchev–Trinajstić information content (AvgIpc) is 3.21. The maximum Gasteiger partial charge on any atom is 0.202 e. The van der Waals surface area contributed by atoms with Crippen molar-refractivity contribution < 1.29 is 14.3 Å². The van der Waals surface area contributed by atoms with E-state index in [2.05, 4.69) is 63.3 Å². The van der Waals surface area contributed by atoms with Gasteiger partial charge in [-0.05, 0) is 52.0 Å². The number of pyridine rings is 1. The van der Waals surface area contributed by atoms with Gasteiger partial charge in [-0.25, -0.2) is 14.4 Å². The van der Waals surface area contributed by atoms with E-state index in [9.17, 15) is 9.60 Å². The zero-order valence-electron chi connectivity index (χ0n) is 19.6. The molecule has 0 spiro atoms. The van der Waals surface area contributed by atoms with E-state index in [1.54, 1.807) is 12.3 Å². The van der Waals surface area contributed by atoms with Crippen LogP contribution >= 0.6 is 11.6 Å². The Hall–Kier alpha value is -2.79. The third-order valence-electron chi connectivity index (χ3n) is 5.86. The van der Waals surface area contributed by atoms with Gasteiger partial charge in [0.1, 0.15) is 5.82 Å². The number of morpholine rings is 1. The monoisotopic (exact) mass is 489 g/mol. The van der Waals surface area contributed by atoms with Crippen molar-refractivity contribution in [2.24, 2.45) is 4.99 Å². The first-order chi connectivity index (χ1) is 16.2. The van der Waals surface area contributed by atoms with Gasteiger partial charge >= 0.3 is 0 Å². The lowest BCUT2D eigenvalue weighted by Crippen LogP contribution is -2.57. The Morgan fingerprint density at radius 1 is 1.32 bits per heavy atom. The Kier molecular flexibility index (Phi) is 7.04. The average molecular weight is 490 g/mol. The smallest absolute Gasteiger partial charge is 0.202 e. The summed E-state index contributed by atoms with van der Waals surface area (Å²) >= 11 is 5.86. The minimum absolute atomic E-state index is 0.0573. The van der Waals surface area contributed by atoms with Gasteiger partial charge in [0.15, 0.2) is 11.5 Å². The number of benzene rings is 1. The molecular formula is C23H29ClFN7O2. The first-order valence-corrected chi connectivity index (χ1v) is 11.5. The van der Waals surface area contributed by atoms with Crippen LogP contribution in [0.1, 0.15) is 33.3 Å². The first-order valence-electron chi connectivity index (χ1n) is 11.1. The number of fused-ring (bicyclic) bond motifs is 1. The van der Waals surface area contributed by atoms with Gasteiger partial charge in [0.25, 0.3) is 0 Å². The van der Waals surface area contributed by atoms with Crippen LogP contribution < -0.4 is 10.8 Å². The minimum Gasteiger partial charge on any atom is -0.373 e. The molecule has 2 unspecified atom stereocenters. The molecule has 3 heterocycles. The highest BCUT2D eigenvalue weighted by atomic mass is 35.5. The number of anilines is 1. The number of hydrogen-bond donors (Lipinski definition) is 4. The number of nitrogens with one attached hydrogen (secondary N) is 3. The summed E-state index contributed by atoms with van der Waals surface area (Å²) in [5, 5.41) is 13.1. The van der Waals surface area contributed by atoms with Crippen LogP contribution in [0.2, 0.25) is 5.02 Å². The van der Waals surface area contributed by atoms with Crippen molar-refractivity contribution in [3.05, 3.63) is 46.9 Å². The number of amidine groups is 1. The van der Waals surface area contributed by atoms with Crippen LogP contribution in [0.5, 0.6) is 0 Å².